The lowest BCUT2D eigenvalue weighted by molar-refractivity contribution is 0.288. The molecule has 0 spiro atoms. The van der Waals surface area contributed by atoms with E-state index >= 15 is 0 Å². The fraction of sp³-hybridized carbons (Fsp3) is 0.750. The molecule has 1 nitrogen and oxygen atoms in total. The molecule has 0 aromatic rings. The average molecular weight is 236 g/mol. The maximum Gasteiger partial charge on any atom is 0.0434 e. The molecule has 1 aliphatic rings. The third-order valence-electron chi connectivity index (χ3n) is 4.07. The number of hydrogen-bond acceptors (Lipinski definition) is 1. The topological polar surface area (TPSA) is 20.2 Å². The van der Waals surface area contributed by atoms with Gasteiger partial charge in [0.1, 0.15) is 0 Å². The first-order chi connectivity index (χ1) is 7.97. The van der Waals surface area contributed by atoms with Gasteiger partial charge in [-0.25, -0.2) is 0 Å². The molecule has 1 heteroatoms. The Morgan fingerprint density at radius 2 is 2.12 bits per heavy atom. The van der Waals surface area contributed by atoms with E-state index in [1.165, 1.54) is 24.8 Å². The molecule has 0 atom stereocenters. The van der Waals surface area contributed by atoms with Crippen molar-refractivity contribution in [3.63, 3.8) is 0 Å². The summed E-state index contributed by atoms with van der Waals surface area (Å²) < 4.78 is 0. The van der Waals surface area contributed by atoms with Crippen molar-refractivity contribution in [3.8, 4) is 0 Å². The van der Waals surface area contributed by atoms with Crippen LogP contribution < -0.4 is 0 Å². The predicted octanol–water partition coefficient (Wildman–Crippen LogP) is 4.62. The summed E-state index contributed by atoms with van der Waals surface area (Å²) in [6.45, 7) is 9.54. The number of aliphatic hydroxyl groups excluding tert-OH is 1. The average Bonchev–Trinajstić information content (AvgIpc) is 2.24. The monoisotopic (exact) mass is 236 g/mol. The Balaban J connectivity index is 2.66. The maximum atomic E-state index is 8.82. The molecule has 0 unspecified atom stereocenters. The first-order valence-electron chi connectivity index (χ1n) is 6.93. The molecule has 0 aromatic carbocycles. The standard InChI is InChI=1S/C16H28O/c1-13(7-6-12-17)9-10-15-14(2)8-5-11-16(15,3)4/h9,17H,5-8,10-12H2,1-4H3. The first kappa shape index (κ1) is 14.5. The van der Waals surface area contributed by atoms with Gasteiger partial charge in [0.05, 0.1) is 0 Å². The highest BCUT2D eigenvalue weighted by molar-refractivity contribution is 5.25. The molecule has 98 valence electrons. The molecule has 0 fully saturated rings. The van der Waals surface area contributed by atoms with Gasteiger partial charge in [-0.1, -0.05) is 36.6 Å². The molecule has 0 aliphatic heterocycles. The van der Waals surface area contributed by atoms with E-state index < -0.39 is 0 Å². The van der Waals surface area contributed by atoms with Crippen LogP contribution in [0.2, 0.25) is 0 Å². The Kier molecular flexibility index (Phi) is 5.45. The summed E-state index contributed by atoms with van der Waals surface area (Å²) in [7, 11) is 0. The molecule has 0 saturated carbocycles. The summed E-state index contributed by atoms with van der Waals surface area (Å²) in [6, 6.07) is 0. The third kappa shape index (κ3) is 4.31. The maximum absolute atomic E-state index is 8.82. The van der Waals surface area contributed by atoms with Crippen molar-refractivity contribution < 1.29 is 5.11 Å². The van der Waals surface area contributed by atoms with Gasteiger partial charge in [-0.2, -0.15) is 0 Å². The van der Waals surface area contributed by atoms with E-state index in [4.69, 9.17) is 5.11 Å². The molecular weight excluding hydrogens is 208 g/mol. The lowest BCUT2D eigenvalue weighted by atomic mass is 9.71. The van der Waals surface area contributed by atoms with Crippen molar-refractivity contribution in [1.29, 1.82) is 0 Å². The molecule has 0 bridgehead atoms. The Labute approximate surface area is 107 Å². The molecule has 0 heterocycles. The fourth-order valence-corrected chi connectivity index (χ4v) is 2.86. The van der Waals surface area contributed by atoms with Crippen LogP contribution in [0.5, 0.6) is 0 Å². The van der Waals surface area contributed by atoms with E-state index in [9.17, 15) is 0 Å². The molecule has 0 aromatic heterocycles. The van der Waals surface area contributed by atoms with Gasteiger partial charge in [0.2, 0.25) is 0 Å². The van der Waals surface area contributed by atoms with Gasteiger partial charge in [-0.05, 0) is 57.8 Å². The van der Waals surface area contributed by atoms with Gasteiger partial charge < -0.3 is 5.11 Å². The van der Waals surface area contributed by atoms with Crippen molar-refractivity contribution in [2.24, 2.45) is 5.41 Å². The van der Waals surface area contributed by atoms with E-state index in [0.717, 1.165) is 19.3 Å². The summed E-state index contributed by atoms with van der Waals surface area (Å²) in [6.07, 6.45) is 9.34. The van der Waals surface area contributed by atoms with Crippen molar-refractivity contribution in [2.75, 3.05) is 6.61 Å². The number of allylic oxidation sites excluding steroid dienone is 4. The molecular formula is C16H28O. The molecule has 17 heavy (non-hydrogen) atoms. The minimum absolute atomic E-state index is 0.304. The zero-order chi connectivity index (χ0) is 12.9. The van der Waals surface area contributed by atoms with Crippen molar-refractivity contribution in [3.05, 3.63) is 22.8 Å². The van der Waals surface area contributed by atoms with Gasteiger partial charge in [-0.3, -0.25) is 0 Å². The van der Waals surface area contributed by atoms with Crippen LogP contribution in [0.25, 0.3) is 0 Å². The smallest absolute Gasteiger partial charge is 0.0434 e. The summed E-state index contributed by atoms with van der Waals surface area (Å²) in [5.74, 6) is 0. The van der Waals surface area contributed by atoms with Crippen LogP contribution in [-0.4, -0.2) is 11.7 Å². The normalized spacial score (nSPS) is 20.9. The second-order valence-corrected chi connectivity index (χ2v) is 6.08. The largest absolute Gasteiger partial charge is 0.396 e. The number of aliphatic hydroxyl groups is 1. The van der Waals surface area contributed by atoms with E-state index in [0.29, 0.717) is 12.0 Å². The Bertz CT molecular complexity index is 307. The Morgan fingerprint density at radius 3 is 2.71 bits per heavy atom. The highest BCUT2D eigenvalue weighted by atomic mass is 16.2. The zero-order valence-corrected chi connectivity index (χ0v) is 12.0. The minimum Gasteiger partial charge on any atom is -0.396 e. The Morgan fingerprint density at radius 1 is 1.41 bits per heavy atom. The highest BCUT2D eigenvalue weighted by Gasteiger charge is 2.27. The van der Waals surface area contributed by atoms with E-state index in [2.05, 4.69) is 33.8 Å². The summed E-state index contributed by atoms with van der Waals surface area (Å²) in [5, 5.41) is 8.82. The summed E-state index contributed by atoms with van der Waals surface area (Å²) >= 11 is 0. The fourth-order valence-electron chi connectivity index (χ4n) is 2.86. The van der Waals surface area contributed by atoms with E-state index in [1.54, 1.807) is 11.1 Å². The molecule has 1 N–H and O–H groups in total. The second kappa shape index (κ2) is 6.39. The van der Waals surface area contributed by atoms with Crippen LogP contribution in [0, 0.1) is 5.41 Å². The van der Waals surface area contributed by atoms with E-state index in [1.807, 2.05) is 0 Å². The number of rotatable bonds is 5. The lowest BCUT2D eigenvalue weighted by Crippen LogP contribution is -2.20. The lowest BCUT2D eigenvalue weighted by Gasteiger charge is -2.34. The highest BCUT2D eigenvalue weighted by Crippen LogP contribution is 2.42. The zero-order valence-electron chi connectivity index (χ0n) is 12.0. The van der Waals surface area contributed by atoms with Gasteiger partial charge in [0.25, 0.3) is 0 Å². The van der Waals surface area contributed by atoms with Crippen LogP contribution in [-0.2, 0) is 0 Å². The molecule has 0 radical (unpaired) electrons. The van der Waals surface area contributed by atoms with Gasteiger partial charge in [0.15, 0.2) is 0 Å². The molecule has 0 saturated heterocycles. The Hall–Kier alpha value is -0.560. The third-order valence-corrected chi connectivity index (χ3v) is 4.07. The van der Waals surface area contributed by atoms with Crippen LogP contribution >= 0.6 is 0 Å². The van der Waals surface area contributed by atoms with Crippen LogP contribution in [0.1, 0.15) is 66.2 Å². The second-order valence-electron chi connectivity index (χ2n) is 6.08. The van der Waals surface area contributed by atoms with Crippen LogP contribution in [0.3, 0.4) is 0 Å². The van der Waals surface area contributed by atoms with Crippen LogP contribution in [0.4, 0.5) is 0 Å². The van der Waals surface area contributed by atoms with Gasteiger partial charge in [0, 0.05) is 6.61 Å². The summed E-state index contributed by atoms with van der Waals surface area (Å²) in [5.41, 5.74) is 5.05. The molecule has 1 rings (SSSR count). The SMILES string of the molecule is CC(=CCC1=C(C)CCCC1(C)C)CCCO. The number of hydrogen-bond donors (Lipinski definition) is 1. The molecule has 1 aliphatic carbocycles. The quantitative estimate of drug-likeness (QED) is 0.690. The van der Waals surface area contributed by atoms with Crippen molar-refractivity contribution in [1.82, 2.24) is 0 Å². The summed E-state index contributed by atoms with van der Waals surface area (Å²) in [4.78, 5) is 0. The van der Waals surface area contributed by atoms with Gasteiger partial charge >= 0.3 is 0 Å². The van der Waals surface area contributed by atoms with Crippen molar-refractivity contribution in [2.45, 2.75) is 66.2 Å². The minimum atomic E-state index is 0.304. The van der Waals surface area contributed by atoms with Gasteiger partial charge in [-0.15, -0.1) is 0 Å². The van der Waals surface area contributed by atoms with E-state index in [-0.39, 0.29) is 0 Å². The molecule has 0 amide bonds. The first-order valence-corrected chi connectivity index (χ1v) is 6.93. The van der Waals surface area contributed by atoms with Crippen molar-refractivity contribution >= 4 is 0 Å². The van der Waals surface area contributed by atoms with Crippen LogP contribution in [0.15, 0.2) is 22.8 Å². The predicted molar refractivity (Wildman–Crippen MR) is 75.0 cm³/mol.